The van der Waals surface area contributed by atoms with Crippen molar-refractivity contribution in [2.45, 2.75) is 58.0 Å². The molecule has 0 saturated heterocycles. The van der Waals surface area contributed by atoms with Crippen molar-refractivity contribution in [1.82, 2.24) is 20.4 Å². The Morgan fingerprint density at radius 2 is 2.30 bits per heavy atom. The van der Waals surface area contributed by atoms with Gasteiger partial charge in [0.2, 0.25) is 0 Å². The Labute approximate surface area is 161 Å². The number of aliphatic imine (C=N–C) groups is 1. The first-order valence-corrected chi connectivity index (χ1v) is 10.3. The van der Waals surface area contributed by atoms with E-state index >= 15 is 0 Å². The van der Waals surface area contributed by atoms with Crippen LogP contribution in [0, 0.1) is 11.8 Å². The summed E-state index contributed by atoms with van der Waals surface area (Å²) in [6.07, 6.45) is 11.1. The molecule has 3 atom stereocenters. The number of nitrogens with zero attached hydrogens (tertiary/aromatic N) is 3. The second kappa shape index (κ2) is 8.19. The molecule has 2 N–H and O–H groups in total. The van der Waals surface area contributed by atoms with Crippen LogP contribution in [0.15, 0.2) is 34.0 Å². The molecule has 146 valence electrons. The van der Waals surface area contributed by atoms with E-state index in [0.717, 1.165) is 48.6 Å². The van der Waals surface area contributed by atoms with Crippen molar-refractivity contribution >= 4 is 5.96 Å². The van der Waals surface area contributed by atoms with Gasteiger partial charge in [-0.2, -0.15) is 5.10 Å². The van der Waals surface area contributed by atoms with E-state index in [-0.39, 0.29) is 0 Å². The van der Waals surface area contributed by atoms with Crippen LogP contribution in [0.4, 0.5) is 0 Å². The molecule has 6 heteroatoms. The molecular formula is C21H31N5O. The van der Waals surface area contributed by atoms with Gasteiger partial charge in [-0.05, 0) is 49.7 Å². The summed E-state index contributed by atoms with van der Waals surface area (Å²) >= 11 is 0. The van der Waals surface area contributed by atoms with Crippen molar-refractivity contribution in [3.8, 4) is 0 Å². The van der Waals surface area contributed by atoms with Gasteiger partial charge in [0.25, 0.3) is 0 Å². The minimum Gasteiger partial charge on any atom is -0.469 e. The van der Waals surface area contributed by atoms with E-state index in [2.05, 4.69) is 28.9 Å². The lowest BCUT2D eigenvalue weighted by atomic mass is 9.95. The van der Waals surface area contributed by atoms with Crippen LogP contribution in [0.5, 0.6) is 0 Å². The number of nitrogens with one attached hydrogen (secondary N) is 2. The number of hydrogen-bond acceptors (Lipinski definition) is 3. The zero-order valence-electron chi connectivity index (χ0n) is 16.4. The predicted octanol–water partition coefficient (Wildman–Crippen LogP) is 3.04. The summed E-state index contributed by atoms with van der Waals surface area (Å²) < 4.78 is 7.33. The second-order valence-corrected chi connectivity index (χ2v) is 7.97. The normalized spacial score (nSPS) is 24.5. The number of aryl methyl sites for hydroxylation is 2. The fourth-order valence-electron chi connectivity index (χ4n) is 4.69. The minimum atomic E-state index is 0.568. The van der Waals surface area contributed by atoms with E-state index < -0.39 is 0 Å². The summed E-state index contributed by atoms with van der Waals surface area (Å²) in [5, 5.41) is 11.8. The third kappa shape index (κ3) is 4.37. The van der Waals surface area contributed by atoms with Gasteiger partial charge in [-0.3, -0.25) is 4.68 Å². The summed E-state index contributed by atoms with van der Waals surface area (Å²) in [7, 11) is 1.97. The van der Waals surface area contributed by atoms with Gasteiger partial charge in [0.15, 0.2) is 5.96 Å². The Balaban J connectivity index is 1.41. The third-order valence-electron chi connectivity index (χ3n) is 6.04. The van der Waals surface area contributed by atoms with E-state index in [4.69, 9.17) is 9.41 Å². The van der Waals surface area contributed by atoms with Gasteiger partial charge in [-0.25, -0.2) is 4.99 Å². The van der Waals surface area contributed by atoms with Crippen molar-refractivity contribution < 1.29 is 4.42 Å². The maximum absolute atomic E-state index is 5.44. The molecule has 0 aromatic carbocycles. The molecule has 0 amide bonds. The first-order valence-electron chi connectivity index (χ1n) is 10.3. The second-order valence-electron chi connectivity index (χ2n) is 7.97. The average Bonchev–Trinajstić information content (AvgIpc) is 3.44. The van der Waals surface area contributed by atoms with Crippen LogP contribution in [0.1, 0.15) is 49.6 Å². The molecule has 2 aromatic rings. The van der Waals surface area contributed by atoms with Gasteiger partial charge in [0.05, 0.1) is 18.5 Å². The minimum absolute atomic E-state index is 0.568. The van der Waals surface area contributed by atoms with Crippen molar-refractivity contribution in [1.29, 1.82) is 0 Å². The molecule has 4 rings (SSSR count). The number of hydrogen-bond donors (Lipinski definition) is 2. The van der Waals surface area contributed by atoms with Crippen molar-refractivity contribution in [3.05, 3.63) is 41.6 Å². The van der Waals surface area contributed by atoms with E-state index in [1.807, 2.05) is 23.9 Å². The summed E-state index contributed by atoms with van der Waals surface area (Å²) in [4.78, 5) is 4.89. The van der Waals surface area contributed by atoms with Gasteiger partial charge >= 0.3 is 0 Å². The van der Waals surface area contributed by atoms with E-state index in [1.54, 1.807) is 6.26 Å². The highest BCUT2D eigenvalue weighted by Gasteiger charge is 2.39. The summed E-state index contributed by atoms with van der Waals surface area (Å²) in [5.41, 5.74) is 2.34. The number of fused-ring (bicyclic) bond motifs is 2. The first kappa shape index (κ1) is 18.1. The SMILES string of the molecule is CCc1nn(C)cc1CN=C(NCCc1ccco1)NC1CC2CCC1C2. The molecule has 2 saturated carbocycles. The fraction of sp³-hybridized carbons (Fsp3) is 0.619. The van der Waals surface area contributed by atoms with Gasteiger partial charge in [0, 0.05) is 37.8 Å². The van der Waals surface area contributed by atoms with Gasteiger partial charge in [-0.1, -0.05) is 13.3 Å². The topological polar surface area (TPSA) is 67.4 Å². The number of guanidine groups is 1. The highest BCUT2D eigenvalue weighted by Crippen LogP contribution is 2.44. The van der Waals surface area contributed by atoms with Crippen molar-refractivity contribution in [2.24, 2.45) is 23.9 Å². The lowest BCUT2D eigenvalue weighted by Crippen LogP contribution is -2.46. The first-order chi connectivity index (χ1) is 13.2. The molecule has 6 nitrogen and oxygen atoms in total. The highest BCUT2D eigenvalue weighted by atomic mass is 16.3. The molecule has 27 heavy (non-hydrogen) atoms. The zero-order valence-corrected chi connectivity index (χ0v) is 16.4. The van der Waals surface area contributed by atoms with Gasteiger partial charge in [-0.15, -0.1) is 0 Å². The zero-order chi connectivity index (χ0) is 18.6. The van der Waals surface area contributed by atoms with E-state index in [1.165, 1.54) is 31.2 Å². The molecule has 2 bridgehead atoms. The fourth-order valence-corrected chi connectivity index (χ4v) is 4.69. The van der Waals surface area contributed by atoms with Crippen molar-refractivity contribution in [2.75, 3.05) is 6.54 Å². The predicted molar refractivity (Wildman–Crippen MR) is 107 cm³/mol. The van der Waals surface area contributed by atoms with Gasteiger partial charge < -0.3 is 15.1 Å². The molecular weight excluding hydrogens is 338 g/mol. The van der Waals surface area contributed by atoms with Crippen LogP contribution < -0.4 is 10.6 Å². The number of rotatable bonds is 7. The van der Waals surface area contributed by atoms with Crippen LogP contribution in [0.3, 0.4) is 0 Å². The standard InChI is InChI=1S/C21H31N5O/c1-3-19-17(14-26(2)25-19)13-23-21(22-9-8-18-5-4-10-27-18)24-20-12-15-6-7-16(20)11-15/h4-5,10,14-16,20H,3,6-9,11-13H2,1-2H3,(H2,22,23,24). The van der Waals surface area contributed by atoms with E-state index in [0.29, 0.717) is 12.6 Å². The quantitative estimate of drug-likeness (QED) is 0.581. The lowest BCUT2D eigenvalue weighted by Gasteiger charge is -2.25. The molecule has 2 aliphatic carbocycles. The van der Waals surface area contributed by atoms with Crippen LogP contribution in [-0.4, -0.2) is 28.3 Å². The Morgan fingerprint density at radius 1 is 1.37 bits per heavy atom. The lowest BCUT2D eigenvalue weighted by molar-refractivity contribution is 0.387. The Kier molecular flexibility index (Phi) is 5.50. The molecule has 3 unspecified atom stereocenters. The largest absolute Gasteiger partial charge is 0.469 e. The number of furan rings is 1. The Hall–Kier alpha value is -2.24. The smallest absolute Gasteiger partial charge is 0.191 e. The molecule has 0 radical (unpaired) electrons. The molecule has 0 aliphatic heterocycles. The van der Waals surface area contributed by atoms with Gasteiger partial charge in [0.1, 0.15) is 5.76 Å². The average molecular weight is 370 g/mol. The maximum Gasteiger partial charge on any atom is 0.191 e. The van der Waals surface area contributed by atoms with Crippen LogP contribution in [-0.2, 0) is 26.4 Å². The molecule has 2 heterocycles. The molecule has 2 aromatic heterocycles. The molecule has 2 fully saturated rings. The molecule has 0 spiro atoms. The summed E-state index contributed by atoms with van der Waals surface area (Å²) in [6, 6.07) is 4.52. The Bertz CT molecular complexity index is 764. The summed E-state index contributed by atoms with van der Waals surface area (Å²) in [6.45, 7) is 3.62. The maximum atomic E-state index is 5.44. The number of aromatic nitrogens is 2. The van der Waals surface area contributed by atoms with Crippen LogP contribution >= 0.6 is 0 Å². The van der Waals surface area contributed by atoms with Crippen molar-refractivity contribution in [3.63, 3.8) is 0 Å². The van der Waals surface area contributed by atoms with Crippen LogP contribution in [0.25, 0.3) is 0 Å². The monoisotopic (exact) mass is 369 g/mol. The molecule has 2 aliphatic rings. The van der Waals surface area contributed by atoms with Crippen LogP contribution in [0.2, 0.25) is 0 Å². The Morgan fingerprint density at radius 3 is 3.00 bits per heavy atom. The van der Waals surface area contributed by atoms with E-state index in [9.17, 15) is 0 Å². The third-order valence-corrected chi connectivity index (χ3v) is 6.04. The summed E-state index contributed by atoms with van der Waals surface area (Å²) in [5.74, 6) is 3.66. The highest BCUT2D eigenvalue weighted by molar-refractivity contribution is 5.80.